The average molecular weight is 264 g/mol. The van der Waals surface area contributed by atoms with Gasteiger partial charge in [0.1, 0.15) is 11.4 Å². The van der Waals surface area contributed by atoms with Gasteiger partial charge in [-0.15, -0.1) is 0 Å². The molecule has 2 aromatic rings. The van der Waals surface area contributed by atoms with Gasteiger partial charge in [0.15, 0.2) is 5.75 Å². The van der Waals surface area contributed by atoms with Crippen LogP contribution in [0.15, 0.2) is 29.3 Å². The predicted octanol–water partition coefficient (Wildman–Crippen LogP) is 2.88. The number of aliphatic imine (C=N–C) groups is 1. The normalized spacial score (nSPS) is 11.9. The van der Waals surface area contributed by atoms with Crippen LogP contribution in [0.1, 0.15) is 12.6 Å². The molecule has 94 valence electrons. The second-order valence-electron chi connectivity index (χ2n) is 3.99. The Hall–Kier alpha value is -1.81. The molecule has 0 bridgehead atoms. The van der Waals surface area contributed by atoms with Gasteiger partial charge in [0.05, 0.1) is 5.71 Å². The number of benzene rings is 1. The first kappa shape index (κ1) is 12.6. The zero-order valence-electron chi connectivity index (χ0n) is 10.5. The lowest BCUT2D eigenvalue weighted by Gasteiger charge is -2.02. The minimum Gasteiger partial charge on any atom is -0.504 e. The fourth-order valence-corrected chi connectivity index (χ4v) is 1.92. The summed E-state index contributed by atoms with van der Waals surface area (Å²) in [6.45, 7) is 1.81. The summed E-state index contributed by atoms with van der Waals surface area (Å²) in [5.41, 5.74) is 2.72. The first-order chi connectivity index (χ1) is 8.54. The van der Waals surface area contributed by atoms with E-state index in [1.165, 1.54) is 0 Å². The van der Waals surface area contributed by atoms with Gasteiger partial charge in [-0.3, -0.25) is 9.67 Å². The smallest absolute Gasteiger partial charge is 0.171 e. The van der Waals surface area contributed by atoms with E-state index in [1.54, 1.807) is 30.9 Å². The van der Waals surface area contributed by atoms with E-state index < -0.39 is 0 Å². The lowest BCUT2D eigenvalue weighted by atomic mass is 10.1. The van der Waals surface area contributed by atoms with Crippen LogP contribution in [0.3, 0.4) is 0 Å². The van der Waals surface area contributed by atoms with Gasteiger partial charge in [0.2, 0.25) is 0 Å². The number of aromatic nitrogens is 2. The molecule has 0 aliphatic heterocycles. The van der Waals surface area contributed by atoms with E-state index in [1.807, 2.05) is 19.1 Å². The monoisotopic (exact) mass is 263 g/mol. The highest BCUT2D eigenvalue weighted by atomic mass is 35.5. The average Bonchev–Trinajstić information content (AvgIpc) is 2.65. The van der Waals surface area contributed by atoms with Crippen LogP contribution < -0.4 is 0 Å². The predicted molar refractivity (Wildman–Crippen MR) is 73.5 cm³/mol. The van der Waals surface area contributed by atoms with Gasteiger partial charge in [0.25, 0.3) is 0 Å². The second-order valence-corrected chi connectivity index (χ2v) is 4.42. The van der Waals surface area contributed by atoms with Crippen LogP contribution in [0.5, 0.6) is 5.75 Å². The first-order valence-corrected chi connectivity index (χ1v) is 5.88. The molecule has 0 aliphatic rings. The fourth-order valence-electron chi connectivity index (χ4n) is 1.79. The number of rotatable bonds is 2. The molecule has 0 unspecified atom stereocenters. The highest BCUT2D eigenvalue weighted by Crippen LogP contribution is 2.32. The number of nitrogens with zero attached hydrogens (tertiary/aromatic N) is 3. The summed E-state index contributed by atoms with van der Waals surface area (Å²) in [5.74, 6) is 0.142. The maximum atomic E-state index is 10.2. The molecule has 1 aromatic carbocycles. The highest BCUT2D eigenvalue weighted by Gasteiger charge is 2.18. The third-order valence-electron chi connectivity index (χ3n) is 2.82. The SMILES string of the molecule is CN=C(C)c1nn(C)c(-c2ccc(Cl)cc2)c1O. The fraction of sp³-hybridized carbons (Fsp3) is 0.231. The standard InChI is InChI=1S/C13H14ClN3O/c1-8(15-2)11-13(18)12(17(3)16-11)9-4-6-10(14)7-5-9/h4-7,18H,1-3H3. The summed E-state index contributed by atoms with van der Waals surface area (Å²) in [4.78, 5) is 4.04. The van der Waals surface area contributed by atoms with E-state index in [9.17, 15) is 5.11 Å². The van der Waals surface area contributed by atoms with Crippen molar-refractivity contribution in [3.8, 4) is 17.0 Å². The lowest BCUT2D eigenvalue weighted by Crippen LogP contribution is -1.98. The number of hydrogen-bond acceptors (Lipinski definition) is 3. The molecule has 0 fully saturated rings. The van der Waals surface area contributed by atoms with Gasteiger partial charge in [0, 0.05) is 24.7 Å². The third-order valence-corrected chi connectivity index (χ3v) is 3.07. The van der Waals surface area contributed by atoms with Crippen LogP contribution in [0, 0.1) is 0 Å². The number of aryl methyl sites for hydroxylation is 1. The largest absolute Gasteiger partial charge is 0.504 e. The Morgan fingerprint density at radius 1 is 1.33 bits per heavy atom. The van der Waals surface area contributed by atoms with Crippen LogP contribution >= 0.6 is 11.6 Å². The van der Waals surface area contributed by atoms with E-state index in [2.05, 4.69) is 10.1 Å². The topological polar surface area (TPSA) is 50.4 Å². The number of halogens is 1. The zero-order valence-corrected chi connectivity index (χ0v) is 11.2. The van der Waals surface area contributed by atoms with Crippen molar-refractivity contribution in [1.82, 2.24) is 9.78 Å². The molecule has 0 atom stereocenters. The van der Waals surface area contributed by atoms with Crippen molar-refractivity contribution in [2.45, 2.75) is 6.92 Å². The Morgan fingerprint density at radius 3 is 2.50 bits per heavy atom. The molecule has 1 aromatic heterocycles. The molecule has 1 N–H and O–H groups in total. The van der Waals surface area contributed by atoms with Crippen molar-refractivity contribution >= 4 is 17.3 Å². The second kappa shape index (κ2) is 4.82. The maximum Gasteiger partial charge on any atom is 0.171 e. The van der Waals surface area contributed by atoms with Crippen molar-refractivity contribution in [3.05, 3.63) is 35.0 Å². The van der Waals surface area contributed by atoms with E-state index in [0.717, 1.165) is 5.56 Å². The van der Waals surface area contributed by atoms with Crippen molar-refractivity contribution in [3.63, 3.8) is 0 Å². The quantitative estimate of drug-likeness (QED) is 0.847. The molecule has 1 heterocycles. The van der Waals surface area contributed by atoms with Crippen LogP contribution in [0.25, 0.3) is 11.3 Å². The van der Waals surface area contributed by atoms with Crippen molar-refractivity contribution in [2.24, 2.45) is 12.0 Å². The molecule has 18 heavy (non-hydrogen) atoms. The van der Waals surface area contributed by atoms with E-state index >= 15 is 0 Å². The summed E-state index contributed by atoms with van der Waals surface area (Å²) in [7, 11) is 3.46. The molecule has 0 radical (unpaired) electrons. The highest BCUT2D eigenvalue weighted by molar-refractivity contribution is 6.30. The van der Waals surface area contributed by atoms with Crippen LogP contribution in [-0.2, 0) is 7.05 Å². The van der Waals surface area contributed by atoms with Gasteiger partial charge in [-0.2, -0.15) is 5.10 Å². The summed E-state index contributed by atoms with van der Waals surface area (Å²) >= 11 is 5.85. The molecule has 0 amide bonds. The molecular formula is C13H14ClN3O. The first-order valence-electron chi connectivity index (χ1n) is 5.50. The van der Waals surface area contributed by atoms with Crippen LogP contribution in [0.4, 0.5) is 0 Å². The van der Waals surface area contributed by atoms with Gasteiger partial charge < -0.3 is 5.11 Å². The summed E-state index contributed by atoms with van der Waals surface area (Å²) < 4.78 is 1.64. The minimum atomic E-state index is 0.142. The molecular weight excluding hydrogens is 250 g/mol. The van der Waals surface area contributed by atoms with E-state index in [-0.39, 0.29) is 5.75 Å². The summed E-state index contributed by atoms with van der Waals surface area (Å²) in [6.07, 6.45) is 0. The van der Waals surface area contributed by atoms with E-state index in [0.29, 0.717) is 22.1 Å². The zero-order chi connectivity index (χ0) is 13.3. The molecule has 0 saturated carbocycles. The van der Waals surface area contributed by atoms with Gasteiger partial charge >= 0.3 is 0 Å². The Kier molecular flexibility index (Phi) is 3.39. The van der Waals surface area contributed by atoms with Gasteiger partial charge in [-0.05, 0) is 19.1 Å². The number of aromatic hydroxyl groups is 1. The Labute approximate surface area is 111 Å². The van der Waals surface area contributed by atoms with Crippen molar-refractivity contribution in [2.75, 3.05) is 7.05 Å². The minimum absolute atomic E-state index is 0.142. The van der Waals surface area contributed by atoms with Crippen LogP contribution in [0.2, 0.25) is 5.02 Å². The molecule has 2 rings (SSSR count). The third kappa shape index (κ3) is 2.11. The van der Waals surface area contributed by atoms with Crippen LogP contribution in [-0.4, -0.2) is 27.6 Å². The maximum absolute atomic E-state index is 10.2. The van der Waals surface area contributed by atoms with Gasteiger partial charge in [-0.1, -0.05) is 23.7 Å². The molecule has 0 saturated heterocycles. The molecule has 5 heteroatoms. The molecule has 0 aliphatic carbocycles. The summed E-state index contributed by atoms with van der Waals surface area (Å²) in [6, 6.07) is 7.26. The molecule has 0 spiro atoms. The lowest BCUT2D eigenvalue weighted by molar-refractivity contribution is 0.476. The van der Waals surface area contributed by atoms with E-state index in [4.69, 9.17) is 11.6 Å². The summed E-state index contributed by atoms with van der Waals surface area (Å²) in [5, 5.41) is 15.2. The molecule has 4 nitrogen and oxygen atoms in total. The van der Waals surface area contributed by atoms with Crippen molar-refractivity contribution in [1.29, 1.82) is 0 Å². The Balaban J connectivity index is 2.58. The Morgan fingerprint density at radius 2 is 1.94 bits per heavy atom. The van der Waals surface area contributed by atoms with Gasteiger partial charge in [-0.25, -0.2) is 0 Å². The number of hydrogen-bond donors (Lipinski definition) is 1. The Bertz CT molecular complexity index is 599. The van der Waals surface area contributed by atoms with Crippen molar-refractivity contribution < 1.29 is 5.11 Å².